The first-order valence-corrected chi connectivity index (χ1v) is 7.59. The average Bonchev–Trinajstić information content (AvgIpc) is 2.38. The number of nitriles is 1. The lowest BCUT2D eigenvalue weighted by Crippen LogP contribution is -2.23. The molecule has 17 heavy (non-hydrogen) atoms. The molecule has 0 saturated carbocycles. The van der Waals surface area contributed by atoms with Crippen LogP contribution in [0.25, 0.3) is 0 Å². The normalized spacial score (nSPS) is 19.6. The Bertz CT molecular complexity index is 424. The van der Waals surface area contributed by atoms with Gasteiger partial charge in [0.25, 0.3) is 0 Å². The summed E-state index contributed by atoms with van der Waals surface area (Å²) < 4.78 is 0. The molecule has 1 fully saturated rings. The van der Waals surface area contributed by atoms with Crippen LogP contribution in [-0.4, -0.2) is 34.0 Å². The van der Waals surface area contributed by atoms with E-state index in [0.29, 0.717) is 22.3 Å². The number of rotatable bonds is 3. The minimum Gasteiger partial charge on any atom is -0.397 e. The standard InChI is InChI=1S/C11H14N4S2/c12-4-8-3-9(13)5-14-11(8)15-6-10-7-16-1-2-17-10/h3,5,10H,1-2,6-7,13H2,(H,14,15). The van der Waals surface area contributed by atoms with Crippen molar-refractivity contribution in [3.63, 3.8) is 0 Å². The van der Waals surface area contributed by atoms with E-state index in [4.69, 9.17) is 11.0 Å². The first kappa shape index (κ1) is 12.4. The van der Waals surface area contributed by atoms with Gasteiger partial charge < -0.3 is 11.1 Å². The Hall–Kier alpha value is -1.06. The van der Waals surface area contributed by atoms with Gasteiger partial charge in [0.05, 0.1) is 17.4 Å². The number of aromatic nitrogens is 1. The lowest BCUT2D eigenvalue weighted by atomic mass is 10.2. The second-order valence-corrected chi connectivity index (χ2v) is 6.28. The topological polar surface area (TPSA) is 74.7 Å². The first-order chi connectivity index (χ1) is 8.29. The summed E-state index contributed by atoms with van der Waals surface area (Å²) >= 11 is 3.96. The molecular weight excluding hydrogens is 252 g/mol. The largest absolute Gasteiger partial charge is 0.397 e. The summed E-state index contributed by atoms with van der Waals surface area (Å²) in [7, 11) is 0. The molecule has 1 aliphatic rings. The summed E-state index contributed by atoms with van der Waals surface area (Å²) in [5, 5.41) is 12.8. The second kappa shape index (κ2) is 6.03. The molecule has 0 aromatic carbocycles. The Morgan fingerprint density at radius 1 is 1.59 bits per heavy atom. The third-order valence-corrected chi connectivity index (χ3v) is 5.26. The van der Waals surface area contributed by atoms with Gasteiger partial charge >= 0.3 is 0 Å². The molecule has 0 spiro atoms. The van der Waals surface area contributed by atoms with Crippen LogP contribution >= 0.6 is 23.5 Å². The van der Waals surface area contributed by atoms with Gasteiger partial charge in [-0.3, -0.25) is 0 Å². The van der Waals surface area contributed by atoms with Gasteiger partial charge in [-0.25, -0.2) is 4.98 Å². The fourth-order valence-corrected chi connectivity index (χ4v) is 4.18. The Balaban J connectivity index is 1.96. The summed E-state index contributed by atoms with van der Waals surface area (Å²) in [6, 6.07) is 3.76. The fourth-order valence-electron chi connectivity index (χ4n) is 1.57. The van der Waals surface area contributed by atoms with Crippen LogP contribution in [0.4, 0.5) is 11.5 Å². The predicted octanol–water partition coefficient (Wildman–Crippen LogP) is 1.80. The van der Waals surface area contributed by atoms with Gasteiger partial charge in [0.1, 0.15) is 11.9 Å². The molecule has 1 atom stereocenters. The molecule has 1 aliphatic heterocycles. The third kappa shape index (κ3) is 3.45. The minimum absolute atomic E-state index is 0.512. The lowest BCUT2D eigenvalue weighted by molar-refractivity contribution is 0.992. The van der Waals surface area contributed by atoms with Gasteiger partial charge in [-0.2, -0.15) is 28.8 Å². The van der Waals surface area contributed by atoms with Crippen molar-refractivity contribution >= 4 is 35.0 Å². The van der Waals surface area contributed by atoms with Crippen LogP contribution in [0.1, 0.15) is 5.56 Å². The van der Waals surface area contributed by atoms with E-state index in [2.05, 4.69) is 16.4 Å². The number of nitrogens with zero attached hydrogens (tertiary/aromatic N) is 2. The molecule has 1 aromatic heterocycles. The zero-order valence-corrected chi connectivity index (χ0v) is 11.0. The van der Waals surface area contributed by atoms with Crippen molar-refractivity contribution in [3.8, 4) is 6.07 Å². The van der Waals surface area contributed by atoms with Crippen LogP contribution in [0.3, 0.4) is 0 Å². The Morgan fingerprint density at radius 3 is 3.18 bits per heavy atom. The first-order valence-electron chi connectivity index (χ1n) is 5.38. The molecule has 2 rings (SSSR count). The maximum Gasteiger partial charge on any atom is 0.144 e. The smallest absolute Gasteiger partial charge is 0.144 e. The maximum absolute atomic E-state index is 8.98. The van der Waals surface area contributed by atoms with Gasteiger partial charge in [-0.1, -0.05) is 0 Å². The summed E-state index contributed by atoms with van der Waals surface area (Å²) in [5.41, 5.74) is 6.63. The Labute approximate surface area is 109 Å². The highest BCUT2D eigenvalue weighted by Crippen LogP contribution is 2.24. The summed E-state index contributed by atoms with van der Waals surface area (Å²) in [5.74, 6) is 4.24. The van der Waals surface area contributed by atoms with Crippen LogP contribution in [0.15, 0.2) is 12.3 Å². The number of hydrogen-bond acceptors (Lipinski definition) is 6. The van der Waals surface area contributed by atoms with Crippen LogP contribution in [-0.2, 0) is 0 Å². The Kier molecular flexibility index (Phi) is 4.40. The van der Waals surface area contributed by atoms with Crippen LogP contribution < -0.4 is 11.1 Å². The van der Waals surface area contributed by atoms with Gasteiger partial charge in [0, 0.05) is 29.1 Å². The fraction of sp³-hybridized carbons (Fsp3) is 0.455. The lowest BCUT2D eigenvalue weighted by Gasteiger charge is -2.21. The van der Waals surface area contributed by atoms with E-state index in [9.17, 15) is 0 Å². The molecular formula is C11H14N4S2. The number of hydrogen-bond donors (Lipinski definition) is 2. The molecule has 0 bridgehead atoms. The highest BCUT2D eigenvalue weighted by atomic mass is 32.2. The number of nitrogens with two attached hydrogens (primary N) is 1. The van der Waals surface area contributed by atoms with Crippen molar-refractivity contribution < 1.29 is 0 Å². The summed E-state index contributed by atoms with van der Waals surface area (Å²) in [4.78, 5) is 4.16. The van der Waals surface area contributed by atoms with Crippen molar-refractivity contribution in [3.05, 3.63) is 17.8 Å². The van der Waals surface area contributed by atoms with E-state index in [1.54, 1.807) is 12.3 Å². The van der Waals surface area contributed by atoms with E-state index in [1.165, 1.54) is 11.5 Å². The molecule has 4 nitrogen and oxygen atoms in total. The number of pyridine rings is 1. The average molecular weight is 266 g/mol. The van der Waals surface area contributed by atoms with Gasteiger partial charge in [0.2, 0.25) is 0 Å². The molecule has 2 heterocycles. The van der Waals surface area contributed by atoms with E-state index in [1.807, 2.05) is 23.5 Å². The van der Waals surface area contributed by atoms with E-state index < -0.39 is 0 Å². The summed E-state index contributed by atoms with van der Waals surface area (Å²) in [6.07, 6.45) is 1.58. The number of anilines is 2. The van der Waals surface area contributed by atoms with Crippen molar-refractivity contribution in [2.75, 3.05) is 34.9 Å². The molecule has 1 saturated heterocycles. The monoisotopic (exact) mass is 266 g/mol. The molecule has 1 unspecified atom stereocenters. The molecule has 3 N–H and O–H groups in total. The van der Waals surface area contributed by atoms with Crippen molar-refractivity contribution in [1.82, 2.24) is 4.98 Å². The third-order valence-electron chi connectivity index (χ3n) is 2.41. The second-order valence-electron chi connectivity index (χ2n) is 3.73. The van der Waals surface area contributed by atoms with Crippen molar-refractivity contribution in [2.24, 2.45) is 0 Å². The molecule has 90 valence electrons. The van der Waals surface area contributed by atoms with Gasteiger partial charge in [-0.05, 0) is 6.07 Å². The van der Waals surface area contributed by atoms with Crippen LogP contribution in [0.2, 0.25) is 0 Å². The van der Waals surface area contributed by atoms with Crippen LogP contribution in [0, 0.1) is 11.3 Å². The number of thioether (sulfide) groups is 2. The van der Waals surface area contributed by atoms with E-state index >= 15 is 0 Å². The number of nitrogens with one attached hydrogen (secondary N) is 1. The van der Waals surface area contributed by atoms with Crippen molar-refractivity contribution in [1.29, 1.82) is 5.26 Å². The van der Waals surface area contributed by atoms with E-state index in [0.717, 1.165) is 12.3 Å². The number of nitrogen functional groups attached to an aromatic ring is 1. The molecule has 0 radical (unpaired) electrons. The predicted molar refractivity (Wildman–Crippen MR) is 75.4 cm³/mol. The maximum atomic E-state index is 8.98. The van der Waals surface area contributed by atoms with E-state index in [-0.39, 0.29) is 0 Å². The zero-order chi connectivity index (χ0) is 12.1. The van der Waals surface area contributed by atoms with Gasteiger partial charge in [-0.15, -0.1) is 0 Å². The molecule has 0 aliphatic carbocycles. The quantitative estimate of drug-likeness (QED) is 0.869. The van der Waals surface area contributed by atoms with Crippen LogP contribution in [0.5, 0.6) is 0 Å². The molecule has 6 heteroatoms. The minimum atomic E-state index is 0.512. The summed E-state index contributed by atoms with van der Waals surface area (Å²) in [6.45, 7) is 0.850. The van der Waals surface area contributed by atoms with Crippen molar-refractivity contribution in [2.45, 2.75) is 5.25 Å². The Morgan fingerprint density at radius 2 is 2.47 bits per heavy atom. The molecule has 1 aromatic rings. The molecule has 0 amide bonds. The SMILES string of the molecule is N#Cc1cc(N)cnc1NCC1CSCCS1. The van der Waals surface area contributed by atoms with Gasteiger partial charge in [0.15, 0.2) is 0 Å². The highest BCUT2D eigenvalue weighted by molar-refractivity contribution is 8.06. The zero-order valence-electron chi connectivity index (χ0n) is 9.35. The highest BCUT2D eigenvalue weighted by Gasteiger charge is 2.14.